The molecule has 0 radical (unpaired) electrons. The molecule has 0 aliphatic heterocycles. The van der Waals surface area contributed by atoms with Gasteiger partial charge in [-0.3, -0.25) is 0 Å². The molecule has 0 aromatic rings. The Hall–Kier alpha value is 0.314. The Morgan fingerprint density at radius 3 is 0.571 bits per heavy atom. The van der Waals surface area contributed by atoms with Crippen molar-refractivity contribution >= 4 is 0 Å². The van der Waals surface area contributed by atoms with Gasteiger partial charge < -0.3 is 51.1 Å². The van der Waals surface area contributed by atoms with Gasteiger partial charge in [0.15, 0.2) is 0 Å². The summed E-state index contributed by atoms with van der Waals surface area (Å²) in [5, 5.41) is 78.5. The van der Waals surface area contributed by atoms with E-state index in [1.807, 2.05) is 0 Å². The first-order valence-electron chi connectivity index (χ1n) is 5.68. The number of rotatable bonds is 6. The van der Waals surface area contributed by atoms with Crippen LogP contribution >= 0.6 is 0 Å². The van der Waals surface area contributed by atoms with Crippen LogP contribution in [0.3, 0.4) is 0 Å². The number of aliphatic hydroxyl groups is 10. The van der Waals surface area contributed by atoms with Gasteiger partial charge in [0.1, 0.15) is 12.2 Å². The van der Waals surface area contributed by atoms with Crippen molar-refractivity contribution in [1.82, 2.24) is 0 Å². The predicted octanol–water partition coefficient (Wildman–Crippen LogP) is -5.40. The summed E-state index contributed by atoms with van der Waals surface area (Å²) in [7, 11) is 0. The van der Waals surface area contributed by atoms with Gasteiger partial charge in [-0.2, -0.15) is 0 Å². The summed E-state index contributed by atoms with van der Waals surface area (Å²) in [5.41, 5.74) is 0. The Morgan fingerprint density at radius 2 is 0.571 bits per heavy atom. The molecular formula is C10H28O10Ti. The fraction of sp³-hybridized carbons (Fsp3) is 1.00. The molecule has 0 aliphatic rings. The molecule has 0 saturated carbocycles. The fourth-order valence-electron chi connectivity index (χ4n) is 0.115. The molecule has 0 heterocycles. The number of hydrogen-bond donors (Lipinski definition) is 10. The van der Waals surface area contributed by atoms with E-state index in [9.17, 15) is 0 Å². The Morgan fingerprint density at radius 1 is 0.429 bits per heavy atom. The SMILES string of the molecule is OCC(O)CO.OCC(O)CO.OCCO.OCCO.[Ti]. The molecule has 0 rings (SSSR count). The number of aliphatic hydroxyl groups excluding tert-OH is 10. The van der Waals surface area contributed by atoms with Gasteiger partial charge in [0.2, 0.25) is 0 Å². The van der Waals surface area contributed by atoms with Crippen molar-refractivity contribution in [3.8, 4) is 0 Å². The molecule has 10 nitrogen and oxygen atoms in total. The summed E-state index contributed by atoms with van der Waals surface area (Å²) in [6, 6.07) is 0. The van der Waals surface area contributed by atoms with E-state index in [-0.39, 0.29) is 74.6 Å². The van der Waals surface area contributed by atoms with E-state index in [1.54, 1.807) is 0 Å². The molecule has 132 valence electrons. The topological polar surface area (TPSA) is 202 Å². The second-order valence-electron chi connectivity index (χ2n) is 2.93. The molecule has 0 unspecified atom stereocenters. The van der Waals surface area contributed by atoms with Gasteiger partial charge in [-0.25, -0.2) is 0 Å². The van der Waals surface area contributed by atoms with Gasteiger partial charge in [-0.15, -0.1) is 0 Å². The largest absolute Gasteiger partial charge is 0.394 e. The molecule has 11 heteroatoms. The minimum Gasteiger partial charge on any atom is -0.394 e. The molecule has 10 N–H and O–H groups in total. The zero-order valence-electron chi connectivity index (χ0n) is 11.8. The average Bonchev–Trinajstić information content (AvgIpc) is 2.53. The smallest absolute Gasteiger partial charge is 0.100 e. The van der Waals surface area contributed by atoms with Crippen LogP contribution in [0.4, 0.5) is 0 Å². The molecule has 0 aromatic carbocycles. The quantitative estimate of drug-likeness (QED) is 0.205. The van der Waals surface area contributed by atoms with Crippen LogP contribution in [0.1, 0.15) is 0 Å². The fourth-order valence-corrected chi connectivity index (χ4v) is 0.115. The second-order valence-corrected chi connectivity index (χ2v) is 2.93. The van der Waals surface area contributed by atoms with E-state index in [2.05, 4.69) is 0 Å². The second kappa shape index (κ2) is 37.0. The molecule has 0 aromatic heterocycles. The minimum atomic E-state index is -0.954. The van der Waals surface area contributed by atoms with Crippen molar-refractivity contribution in [2.45, 2.75) is 12.2 Å². The zero-order valence-corrected chi connectivity index (χ0v) is 13.3. The van der Waals surface area contributed by atoms with Crippen LogP contribution in [0.2, 0.25) is 0 Å². The Balaban J connectivity index is -0.0000000544. The summed E-state index contributed by atoms with van der Waals surface area (Å²) in [6.45, 7) is -1.96. The minimum absolute atomic E-state index is 0. The summed E-state index contributed by atoms with van der Waals surface area (Å²) >= 11 is 0. The van der Waals surface area contributed by atoms with E-state index in [4.69, 9.17) is 51.1 Å². The molecule has 0 spiro atoms. The van der Waals surface area contributed by atoms with Gasteiger partial charge in [0.25, 0.3) is 0 Å². The van der Waals surface area contributed by atoms with Gasteiger partial charge in [0, 0.05) is 21.7 Å². The average molecular weight is 356 g/mol. The van der Waals surface area contributed by atoms with Crippen LogP contribution in [0.25, 0.3) is 0 Å². The third-order valence-electron chi connectivity index (χ3n) is 1.04. The van der Waals surface area contributed by atoms with Crippen LogP contribution in [0, 0.1) is 0 Å². The van der Waals surface area contributed by atoms with Crippen LogP contribution in [-0.4, -0.2) is 116 Å². The normalized spacial score (nSPS) is 8.57. The van der Waals surface area contributed by atoms with Crippen LogP contribution in [-0.2, 0) is 21.7 Å². The van der Waals surface area contributed by atoms with E-state index in [0.717, 1.165) is 0 Å². The third kappa shape index (κ3) is 64.0. The Labute approximate surface area is 138 Å². The van der Waals surface area contributed by atoms with Crippen LogP contribution in [0.5, 0.6) is 0 Å². The summed E-state index contributed by atoms with van der Waals surface area (Å²) < 4.78 is 0. The Bertz CT molecular complexity index is 106. The van der Waals surface area contributed by atoms with Crippen molar-refractivity contribution in [3.05, 3.63) is 0 Å². The molecular weight excluding hydrogens is 328 g/mol. The summed E-state index contributed by atoms with van der Waals surface area (Å²) in [6.07, 6.45) is -1.91. The monoisotopic (exact) mass is 356 g/mol. The first-order valence-corrected chi connectivity index (χ1v) is 5.68. The molecule has 0 amide bonds. The van der Waals surface area contributed by atoms with E-state index >= 15 is 0 Å². The standard InChI is InChI=1S/2C3H8O3.2C2H6O2.Ti/c2*4-1-3(6)2-5;2*3-1-2-4;/h2*3-6H,1-2H2;2*3-4H,1-2H2;. The predicted molar refractivity (Wildman–Crippen MR) is 68.7 cm³/mol. The molecule has 0 bridgehead atoms. The van der Waals surface area contributed by atoms with Gasteiger partial charge in [-0.1, -0.05) is 0 Å². The molecule has 0 atom stereocenters. The van der Waals surface area contributed by atoms with Crippen molar-refractivity contribution in [1.29, 1.82) is 0 Å². The van der Waals surface area contributed by atoms with E-state index < -0.39 is 12.2 Å². The van der Waals surface area contributed by atoms with Crippen molar-refractivity contribution in [2.24, 2.45) is 0 Å². The third-order valence-corrected chi connectivity index (χ3v) is 1.04. The molecule has 0 aliphatic carbocycles. The first-order chi connectivity index (χ1) is 9.44. The first kappa shape index (κ1) is 33.0. The maximum Gasteiger partial charge on any atom is 0.100 e. The summed E-state index contributed by atoms with van der Waals surface area (Å²) in [5.74, 6) is 0. The summed E-state index contributed by atoms with van der Waals surface area (Å²) in [4.78, 5) is 0. The molecule has 0 saturated heterocycles. The molecule has 0 fully saturated rings. The van der Waals surface area contributed by atoms with E-state index in [1.165, 1.54) is 0 Å². The van der Waals surface area contributed by atoms with E-state index in [0.29, 0.717) is 0 Å². The van der Waals surface area contributed by atoms with Crippen LogP contribution in [0.15, 0.2) is 0 Å². The molecule has 21 heavy (non-hydrogen) atoms. The number of hydrogen-bond acceptors (Lipinski definition) is 10. The van der Waals surface area contributed by atoms with Crippen molar-refractivity contribution < 1.29 is 72.8 Å². The maximum absolute atomic E-state index is 8.17. The Kier molecular flexibility index (Phi) is 58.2. The maximum atomic E-state index is 8.17. The zero-order chi connectivity index (χ0) is 16.8. The van der Waals surface area contributed by atoms with Gasteiger partial charge in [0.05, 0.1) is 52.9 Å². The van der Waals surface area contributed by atoms with Gasteiger partial charge in [-0.05, 0) is 0 Å². The van der Waals surface area contributed by atoms with Crippen molar-refractivity contribution in [2.75, 3.05) is 52.9 Å². The van der Waals surface area contributed by atoms with Crippen LogP contribution < -0.4 is 0 Å². The van der Waals surface area contributed by atoms with Crippen molar-refractivity contribution in [3.63, 3.8) is 0 Å². The van der Waals surface area contributed by atoms with Gasteiger partial charge >= 0.3 is 0 Å².